The smallest absolute Gasteiger partial charge is 0.331 e. The van der Waals surface area contributed by atoms with Gasteiger partial charge in [0.05, 0.1) is 0 Å². The number of aromatic amines is 1. The third kappa shape index (κ3) is 2.60. The van der Waals surface area contributed by atoms with Crippen LogP contribution in [0.2, 0.25) is 0 Å². The van der Waals surface area contributed by atoms with E-state index >= 15 is 0 Å². The molecule has 0 saturated carbocycles. The topological polar surface area (TPSA) is 93.0 Å². The number of H-pyrrole nitrogens is 1. The summed E-state index contributed by atoms with van der Waals surface area (Å²) in [5.41, 5.74) is 0.125. The van der Waals surface area contributed by atoms with E-state index in [1.807, 2.05) is 6.92 Å². The van der Waals surface area contributed by atoms with E-state index in [-0.39, 0.29) is 17.5 Å². The monoisotopic (exact) mass is 317 g/mol. The molecule has 122 valence electrons. The number of rotatable bonds is 2. The van der Waals surface area contributed by atoms with Crippen LogP contribution in [-0.4, -0.2) is 43.0 Å². The molecule has 1 N–H and O–H groups in total. The molecule has 1 atom stereocenters. The van der Waals surface area contributed by atoms with E-state index in [1.165, 1.54) is 24.7 Å². The number of aromatic nitrogens is 4. The van der Waals surface area contributed by atoms with E-state index in [1.54, 1.807) is 11.1 Å². The predicted molar refractivity (Wildman–Crippen MR) is 83.5 cm³/mol. The van der Waals surface area contributed by atoms with E-state index in [4.69, 9.17) is 0 Å². The number of hydrogen-bond donors (Lipinski definition) is 1. The van der Waals surface area contributed by atoms with Crippen molar-refractivity contribution in [2.24, 2.45) is 14.1 Å². The Bertz CT molecular complexity index is 876. The van der Waals surface area contributed by atoms with Gasteiger partial charge in [-0.2, -0.15) is 0 Å². The van der Waals surface area contributed by atoms with Crippen LogP contribution in [0.15, 0.2) is 21.9 Å². The fraction of sp³-hybridized carbons (Fsp3) is 0.467. The van der Waals surface area contributed by atoms with Crippen molar-refractivity contribution in [1.82, 2.24) is 24.0 Å². The summed E-state index contributed by atoms with van der Waals surface area (Å²) in [7, 11) is 2.89. The number of likely N-dealkylation sites (tertiary alicyclic amines) is 1. The van der Waals surface area contributed by atoms with Gasteiger partial charge >= 0.3 is 5.69 Å². The molecule has 3 rings (SSSR count). The van der Waals surface area contributed by atoms with Crippen LogP contribution in [0, 0.1) is 6.92 Å². The molecule has 1 aliphatic heterocycles. The summed E-state index contributed by atoms with van der Waals surface area (Å²) in [6.07, 6.45) is 2.57. The second-order valence-electron chi connectivity index (χ2n) is 5.96. The van der Waals surface area contributed by atoms with Gasteiger partial charge in [0.2, 0.25) is 0 Å². The molecule has 1 unspecified atom stereocenters. The minimum absolute atomic E-state index is 0.120. The number of nitrogens with zero attached hydrogens (tertiary/aromatic N) is 4. The fourth-order valence-corrected chi connectivity index (χ4v) is 2.91. The lowest BCUT2D eigenvalue weighted by molar-refractivity contribution is 0.0778. The first-order valence-electron chi connectivity index (χ1n) is 7.46. The lowest BCUT2D eigenvalue weighted by Crippen LogP contribution is -2.41. The SMILES string of the molecule is Cc1cnc(C2CCN(C(=O)c3cc(=O)n(C)c(=O)n3C)C2)[nH]1. The van der Waals surface area contributed by atoms with Gasteiger partial charge in [0, 0.05) is 51.1 Å². The van der Waals surface area contributed by atoms with Crippen LogP contribution >= 0.6 is 0 Å². The lowest BCUT2D eigenvalue weighted by atomic mass is 10.1. The van der Waals surface area contributed by atoms with Gasteiger partial charge in [-0.25, -0.2) is 9.78 Å². The maximum Gasteiger partial charge on any atom is 0.331 e. The largest absolute Gasteiger partial charge is 0.346 e. The second kappa shape index (κ2) is 5.53. The zero-order valence-electron chi connectivity index (χ0n) is 13.4. The summed E-state index contributed by atoms with van der Waals surface area (Å²) < 4.78 is 2.20. The van der Waals surface area contributed by atoms with Crippen LogP contribution in [0.4, 0.5) is 0 Å². The Balaban J connectivity index is 1.85. The Labute approximate surface area is 132 Å². The third-order valence-corrected chi connectivity index (χ3v) is 4.33. The predicted octanol–water partition coefficient (Wildman–Crippen LogP) is -0.255. The molecule has 0 aromatic carbocycles. The Morgan fingerprint density at radius 3 is 2.70 bits per heavy atom. The zero-order chi connectivity index (χ0) is 16.7. The number of carbonyl (C=O) groups excluding carboxylic acids is 1. The summed E-state index contributed by atoms with van der Waals surface area (Å²) in [4.78, 5) is 45.6. The Kier molecular flexibility index (Phi) is 3.67. The van der Waals surface area contributed by atoms with Gasteiger partial charge in [0.15, 0.2) is 0 Å². The van der Waals surface area contributed by atoms with Crippen molar-refractivity contribution in [2.45, 2.75) is 19.3 Å². The summed E-state index contributed by atoms with van der Waals surface area (Å²) >= 11 is 0. The van der Waals surface area contributed by atoms with Crippen molar-refractivity contribution < 1.29 is 4.79 Å². The number of hydrogen-bond acceptors (Lipinski definition) is 4. The average Bonchev–Trinajstić information content (AvgIpc) is 3.17. The molecule has 0 bridgehead atoms. The second-order valence-corrected chi connectivity index (χ2v) is 5.96. The molecule has 3 heterocycles. The van der Waals surface area contributed by atoms with Crippen LogP contribution in [0.5, 0.6) is 0 Å². The van der Waals surface area contributed by atoms with E-state index in [0.717, 1.165) is 22.5 Å². The third-order valence-electron chi connectivity index (χ3n) is 4.33. The molecule has 1 amide bonds. The van der Waals surface area contributed by atoms with Gasteiger partial charge in [-0.15, -0.1) is 0 Å². The number of nitrogens with one attached hydrogen (secondary N) is 1. The fourth-order valence-electron chi connectivity index (χ4n) is 2.91. The summed E-state index contributed by atoms with van der Waals surface area (Å²) in [5.74, 6) is 0.722. The molecule has 1 aliphatic rings. The molecule has 8 nitrogen and oxygen atoms in total. The maximum absolute atomic E-state index is 12.7. The number of carbonyl (C=O) groups is 1. The number of aryl methyl sites for hydroxylation is 1. The van der Waals surface area contributed by atoms with Crippen molar-refractivity contribution >= 4 is 5.91 Å². The highest BCUT2D eigenvalue weighted by Gasteiger charge is 2.30. The molecule has 0 aliphatic carbocycles. The summed E-state index contributed by atoms with van der Waals surface area (Å²) in [6.45, 7) is 3.03. The Morgan fingerprint density at radius 1 is 1.30 bits per heavy atom. The quantitative estimate of drug-likeness (QED) is 0.826. The number of imidazole rings is 1. The van der Waals surface area contributed by atoms with Crippen LogP contribution in [0.25, 0.3) is 0 Å². The van der Waals surface area contributed by atoms with Crippen molar-refractivity contribution in [2.75, 3.05) is 13.1 Å². The van der Waals surface area contributed by atoms with Gasteiger partial charge in [-0.3, -0.25) is 18.7 Å². The highest BCUT2D eigenvalue weighted by molar-refractivity contribution is 5.92. The van der Waals surface area contributed by atoms with Crippen LogP contribution < -0.4 is 11.2 Å². The van der Waals surface area contributed by atoms with Crippen LogP contribution in [-0.2, 0) is 14.1 Å². The molecule has 2 aromatic heterocycles. The van der Waals surface area contributed by atoms with Crippen LogP contribution in [0.3, 0.4) is 0 Å². The van der Waals surface area contributed by atoms with E-state index in [9.17, 15) is 14.4 Å². The standard InChI is InChI=1S/C15H19N5O3/c1-9-7-16-13(17-9)10-4-5-20(8-10)14(22)11-6-12(21)19(3)15(23)18(11)2/h6-7,10H,4-5,8H2,1-3H3,(H,16,17). The molecule has 23 heavy (non-hydrogen) atoms. The minimum Gasteiger partial charge on any atom is -0.346 e. The van der Waals surface area contributed by atoms with Gasteiger partial charge in [-0.05, 0) is 13.3 Å². The molecule has 8 heteroatoms. The zero-order valence-corrected chi connectivity index (χ0v) is 13.4. The highest BCUT2D eigenvalue weighted by atomic mass is 16.2. The van der Waals surface area contributed by atoms with E-state index in [2.05, 4.69) is 9.97 Å². The van der Waals surface area contributed by atoms with Gasteiger partial charge in [0.1, 0.15) is 11.5 Å². The normalized spacial score (nSPS) is 17.7. The van der Waals surface area contributed by atoms with E-state index in [0.29, 0.717) is 13.1 Å². The van der Waals surface area contributed by atoms with E-state index < -0.39 is 11.2 Å². The molecule has 1 saturated heterocycles. The molecule has 0 radical (unpaired) electrons. The van der Waals surface area contributed by atoms with Crippen molar-refractivity contribution in [3.05, 3.63) is 50.3 Å². The first-order valence-corrected chi connectivity index (χ1v) is 7.46. The Hall–Kier alpha value is -2.64. The van der Waals surface area contributed by atoms with Crippen molar-refractivity contribution in [3.8, 4) is 0 Å². The maximum atomic E-state index is 12.7. The molecular formula is C15H19N5O3. The number of amides is 1. The summed E-state index contributed by atoms with van der Waals surface area (Å²) in [6, 6.07) is 1.22. The molecule has 1 fully saturated rings. The molecular weight excluding hydrogens is 298 g/mol. The molecule has 0 spiro atoms. The van der Waals surface area contributed by atoms with Crippen LogP contribution in [0.1, 0.15) is 34.3 Å². The van der Waals surface area contributed by atoms with Crippen molar-refractivity contribution in [3.63, 3.8) is 0 Å². The van der Waals surface area contributed by atoms with Crippen molar-refractivity contribution in [1.29, 1.82) is 0 Å². The first kappa shape index (κ1) is 15.3. The highest BCUT2D eigenvalue weighted by Crippen LogP contribution is 2.25. The van der Waals surface area contributed by atoms with Gasteiger partial charge < -0.3 is 9.88 Å². The van der Waals surface area contributed by atoms with Gasteiger partial charge in [0.25, 0.3) is 11.5 Å². The summed E-state index contributed by atoms with van der Waals surface area (Å²) in [5, 5.41) is 0. The first-order chi connectivity index (χ1) is 10.9. The average molecular weight is 317 g/mol. The van der Waals surface area contributed by atoms with Gasteiger partial charge in [-0.1, -0.05) is 0 Å². The molecule has 2 aromatic rings. The minimum atomic E-state index is -0.502. The Morgan fingerprint density at radius 2 is 2.04 bits per heavy atom. The lowest BCUT2D eigenvalue weighted by Gasteiger charge is -2.18.